The van der Waals surface area contributed by atoms with Crippen molar-refractivity contribution < 1.29 is 14.7 Å². The number of nitrogens with one attached hydrogen (secondary N) is 1. The first-order valence-corrected chi connectivity index (χ1v) is 4.78. The lowest BCUT2D eigenvalue weighted by Gasteiger charge is -2.40. The highest BCUT2D eigenvalue weighted by Gasteiger charge is 2.49. The van der Waals surface area contributed by atoms with Gasteiger partial charge in [0.05, 0.1) is 12.0 Å². The van der Waals surface area contributed by atoms with Crippen LogP contribution >= 0.6 is 0 Å². The second-order valence-corrected chi connectivity index (χ2v) is 4.87. The number of carbonyl (C=O) groups is 2. The van der Waals surface area contributed by atoms with Crippen LogP contribution in [-0.4, -0.2) is 28.9 Å². The molecule has 4 heteroatoms. The minimum atomic E-state index is -0.764. The summed E-state index contributed by atoms with van der Waals surface area (Å²) in [6.45, 7) is 6.95. The summed E-state index contributed by atoms with van der Waals surface area (Å²) in [6, 6.07) is -0.512. The number of hydrogen-bond donors (Lipinski definition) is 2. The van der Waals surface area contributed by atoms with Crippen molar-refractivity contribution in [3.05, 3.63) is 0 Å². The predicted octanol–water partition coefficient (Wildman–Crippen LogP) is 0.0970. The summed E-state index contributed by atoms with van der Waals surface area (Å²) in [5.41, 5.74) is -0.481. The molecule has 1 aliphatic heterocycles. The third kappa shape index (κ3) is 1.80. The highest BCUT2D eigenvalue weighted by Crippen LogP contribution is 2.27. The fourth-order valence-corrected chi connectivity index (χ4v) is 1.59. The maximum atomic E-state index is 11.8. The maximum absolute atomic E-state index is 11.8. The predicted molar refractivity (Wildman–Crippen MR) is 51.6 cm³/mol. The molecule has 1 amide bonds. The third-order valence-corrected chi connectivity index (χ3v) is 2.50. The summed E-state index contributed by atoms with van der Waals surface area (Å²) < 4.78 is 0. The number of β-lactam (4-membered cyclic amide) rings is 1. The second kappa shape index (κ2) is 3.35. The van der Waals surface area contributed by atoms with Gasteiger partial charge in [0.15, 0.2) is 5.78 Å². The van der Waals surface area contributed by atoms with E-state index in [9.17, 15) is 14.7 Å². The number of aliphatic hydroxyl groups is 1. The Morgan fingerprint density at radius 3 is 2.29 bits per heavy atom. The lowest BCUT2D eigenvalue weighted by atomic mass is 9.75. The van der Waals surface area contributed by atoms with E-state index >= 15 is 0 Å². The molecule has 80 valence electrons. The molecule has 1 aliphatic rings. The van der Waals surface area contributed by atoms with E-state index in [-0.39, 0.29) is 11.7 Å². The van der Waals surface area contributed by atoms with Gasteiger partial charge < -0.3 is 10.4 Å². The first-order valence-electron chi connectivity index (χ1n) is 4.78. The van der Waals surface area contributed by atoms with Gasteiger partial charge in [-0.25, -0.2) is 0 Å². The molecular formula is C10H17NO3. The van der Waals surface area contributed by atoms with Crippen LogP contribution < -0.4 is 5.32 Å². The second-order valence-electron chi connectivity index (χ2n) is 4.87. The first kappa shape index (κ1) is 11.2. The fraction of sp³-hybridized carbons (Fsp3) is 0.800. The Labute approximate surface area is 83.7 Å². The summed E-state index contributed by atoms with van der Waals surface area (Å²) in [5.74, 6) is -0.827. The number of carbonyl (C=O) groups excluding carboxylic acids is 2. The van der Waals surface area contributed by atoms with Crippen molar-refractivity contribution in [3.8, 4) is 0 Å². The molecule has 0 radical (unpaired) electrons. The van der Waals surface area contributed by atoms with Crippen molar-refractivity contribution in [1.82, 2.24) is 5.32 Å². The van der Waals surface area contributed by atoms with E-state index < -0.39 is 23.5 Å². The lowest BCUT2D eigenvalue weighted by Crippen LogP contribution is -2.66. The average Bonchev–Trinajstić information content (AvgIpc) is 1.95. The maximum Gasteiger partial charge on any atom is 0.228 e. The van der Waals surface area contributed by atoms with Crippen molar-refractivity contribution in [1.29, 1.82) is 0 Å². The van der Waals surface area contributed by atoms with Crippen molar-refractivity contribution >= 4 is 11.7 Å². The molecule has 1 unspecified atom stereocenters. The number of rotatable bonds is 2. The average molecular weight is 199 g/mol. The van der Waals surface area contributed by atoms with Gasteiger partial charge >= 0.3 is 0 Å². The van der Waals surface area contributed by atoms with Gasteiger partial charge in [-0.3, -0.25) is 9.59 Å². The first-order chi connectivity index (χ1) is 6.25. The van der Waals surface area contributed by atoms with Gasteiger partial charge in [0, 0.05) is 5.41 Å². The monoisotopic (exact) mass is 199 g/mol. The van der Waals surface area contributed by atoms with Gasteiger partial charge in [-0.05, 0) is 6.92 Å². The quantitative estimate of drug-likeness (QED) is 0.620. The van der Waals surface area contributed by atoms with Crippen molar-refractivity contribution in [2.24, 2.45) is 11.3 Å². The van der Waals surface area contributed by atoms with E-state index in [4.69, 9.17) is 0 Å². The Morgan fingerprint density at radius 1 is 1.50 bits per heavy atom. The summed E-state index contributed by atoms with van der Waals surface area (Å²) >= 11 is 0. The highest BCUT2D eigenvalue weighted by molar-refractivity contribution is 6.02. The molecule has 4 nitrogen and oxygen atoms in total. The molecule has 0 aromatic rings. The molecule has 0 spiro atoms. The van der Waals surface area contributed by atoms with Crippen LogP contribution in [0.2, 0.25) is 0 Å². The summed E-state index contributed by atoms with van der Waals surface area (Å²) in [5, 5.41) is 11.8. The zero-order valence-corrected chi connectivity index (χ0v) is 9.00. The largest absolute Gasteiger partial charge is 0.392 e. The van der Waals surface area contributed by atoms with Gasteiger partial charge in [-0.2, -0.15) is 0 Å². The number of aliphatic hydroxyl groups excluding tert-OH is 1. The number of hydrogen-bond acceptors (Lipinski definition) is 3. The molecule has 1 saturated heterocycles. The molecule has 0 aliphatic carbocycles. The van der Waals surface area contributed by atoms with Gasteiger partial charge in [0.1, 0.15) is 6.04 Å². The summed E-state index contributed by atoms with van der Waals surface area (Å²) in [7, 11) is 0. The molecule has 0 bridgehead atoms. The van der Waals surface area contributed by atoms with Crippen LogP contribution in [-0.2, 0) is 9.59 Å². The van der Waals surface area contributed by atoms with Crippen LogP contribution in [0.15, 0.2) is 0 Å². The molecule has 14 heavy (non-hydrogen) atoms. The lowest BCUT2D eigenvalue weighted by molar-refractivity contribution is -0.150. The zero-order valence-electron chi connectivity index (χ0n) is 9.00. The molecule has 1 heterocycles. The Bertz CT molecular complexity index is 265. The van der Waals surface area contributed by atoms with Gasteiger partial charge in [0.2, 0.25) is 5.91 Å². The Kier molecular flexibility index (Phi) is 2.67. The van der Waals surface area contributed by atoms with E-state index in [2.05, 4.69) is 5.32 Å². The number of amides is 1. The number of Topliss-reactive ketones (excluding diaryl/α,β-unsaturated/α-hetero) is 1. The van der Waals surface area contributed by atoms with E-state index in [0.29, 0.717) is 0 Å². The van der Waals surface area contributed by atoms with Crippen molar-refractivity contribution in [3.63, 3.8) is 0 Å². The van der Waals surface area contributed by atoms with Crippen LogP contribution in [0.25, 0.3) is 0 Å². The molecular weight excluding hydrogens is 182 g/mol. The molecule has 3 atom stereocenters. The molecule has 0 aromatic heterocycles. The van der Waals surface area contributed by atoms with Gasteiger partial charge in [0.25, 0.3) is 0 Å². The topological polar surface area (TPSA) is 66.4 Å². The molecule has 1 fully saturated rings. The SMILES string of the molecule is CC(O)[C@@H]1C(=O)N[C@H]1C(=O)C(C)(C)C. The van der Waals surface area contributed by atoms with Crippen LogP contribution in [0, 0.1) is 11.3 Å². The minimum Gasteiger partial charge on any atom is -0.392 e. The van der Waals surface area contributed by atoms with Crippen LogP contribution in [0.5, 0.6) is 0 Å². The smallest absolute Gasteiger partial charge is 0.228 e. The highest BCUT2D eigenvalue weighted by atomic mass is 16.3. The molecule has 2 N–H and O–H groups in total. The standard InChI is InChI=1S/C10H17NO3/c1-5(12)6-7(11-9(6)14)8(13)10(2,3)4/h5-7,12H,1-4H3,(H,11,14)/t5?,6-,7+/m0/s1. The molecule has 0 saturated carbocycles. The van der Waals surface area contributed by atoms with Crippen LogP contribution in [0.3, 0.4) is 0 Å². The Balaban J connectivity index is 2.73. The Morgan fingerprint density at radius 2 is 2.00 bits per heavy atom. The zero-order chi connectivity index (χ0) is 11.1. The third-order valence-electron chi connectivity index (χ3n) is 2.50. The Hall–Kier alpha value is -0.900. The van der Waals surface area contributed by atoms with Gasteiger partial charge in [-0.15, -0.1) is 0 Å². The van der Waals surface area contributed by atoms with E-state index in [0.717, 1.165) is 0 Å². The van der Waals surface area contributed by atoms with Crippen LogP contribution in [0.4, 0.5) is 0 Å². The van der Waals surface area contributed by atoms with E-state index in [1.165, 1.54) is 6.92 Å². The normalized spacial score (nSPS) is 29.1. The summed E-state index contributed by atoms with van der Waals surface area (Å²) in [4.78, 5) is 22.9. The molecule has 0 aromatic carbocycles. The van der Waals surface area contributed by atoms with Gasteiger partial charge in [-0.1, -0.05) is 20.8 Å². The summed E-state index contributed by atoms with van der Waals surface area (Å²) in [6.07, 6.45) is -0.764. The van der Waals surface area contributed by atoms with Crippen molar-refractivity contribution in [2.45, 2.75) is 39.8 Å². The van der Waals surface area contributed by atoms with Crippen LogP contribution in [0.1, 0.15) is 27.7 Å². The minimum absolute atomic E-state index is 0.0250. The van der Waals surface area contributed by atoms with E-state index in [1.807, 2.05) is 0 Å². The fourth-order valence-electron chi connectivity index (χ4n) is 1.59. The van der Waals surface area contributed by atoms with Crippen molar-refractivity contribution in [2.75, 3.05) is 0 Å². The van der Waals surface area contributed by atoms with E-state index in [1.54, 1.807) is 20.8 Å². The molecule has 1 rings (SSSR count). The number of ketones is 1.